The van der Waals surface area contributed by atoms with E-state index >= 15 is 0 Å². The standard InChI is InChI=1S/C24H26ClFN4O2S/c25-20-7-5-17(6-8-20)23-28-22(32-29-23)15-30-12-9-18(10-13-30)24(31)27-11-14-33-16-19-3-1-2-4-21(19)26/h1-8,18H,9-16H2,(H,27,31). The molecule has 3 aromatic rings. The molecule has 2 heterocycles. The van der Waals surface area contributed by atoms with Crippen molar-refractivity contribution in [2.75, 3.05) is 25.4 Å². The topological polar surface area (TPSA) is 71.3 Å². The van der Waals surface area contributed by atoms with Crippen molar-refractivity contribution in [2.24, 2.45) is 5.92 Å². The van der Waals surface area contributed by atoms with E-state index in [1.54, 1.807) is 36.0 Å². The molecule has 1 N–H and O–H groups in total. The summed E-state index contributed by atoms with van der Waals surface area (Å²) in [5.41, 5.74) is 1.56. The van der Waals surface area contributed by atoms with Crippen molar-refractivity contribution in [3.8, 4) is 11.4 Å². The molecule has 1 fully saturated rings. The van der Waals surface area contributed by atoms with Crippen LogP contribution in [-0.4, -0.2) is 46.3 Å². The van der Waals surface area contributed by atoms with Crippen LogP contribution in [0.5, 0.6) is 0 Å². The van der Waals surface area contributed by atoms with Gasteiger partial charge in [0.15, 0.2) is 0 Å². The molecule has 0 atom stereocenters. The Morgan fingerprint density at radius 2 is 1.94 bits per heavy atom. The van der Waals surface area contributed by atoms with Gasteiger partial charge in [-0.15, -0.1) is 0 Å². The highest BCUT2D eigenvalue weighted by Gasteiger charge is 2.25. The first-order chi connectivity index (χ1) is 16.1. The van der Waals surface area contributed by atoms with E-state index in [9.17, 15) is 9.18 Å². The molecule has 6 nitrogen and oxygen atoms in total. The molecule has 1 amide bonds. The Labute approximate surface area is 201 Å². The van der Waals surface area contributed by atoms with E-state index in [4.69, 9.17) is 16.1 Å². The van der Waals surface area contributed by atoms with Crippen LogP contribution in [0.4, 0.5) is 4.39 Å². The zero-order valence-corrected chi connectivity index (χ0v) is 19.7. The summed E-state index contributed by atoms with van der Waals surface area (Å²) < 4.78 is 19.0. The average molecular weight is 489 g/mol. The van der Waals surface area contributed by atoms with Gasteiger partial charge >= 0.3 is 0 Å². The van der Waals surface area contributed by atoms with Crippen molar-refractivity contribution in [1.29, 1.82) is 0 Å². The van der Waals surface area contributed by atoms with E-state index < -0.39 is 0 Å². The number of likely N-dealkylation sites (tertiary alicyclic amines) is 1. The number of benzene rings is 2. The van der Waals surface area contributed by atoms with E-state index in [1.165, 1.54) is 6.07 Å². The van der Waals surface area contributed by atoms with Crippen LogP contribution in [0.25, 0.3) is 11.4 Å². The zero-order chi connectivity index (χ0) is 23.0. The lowest BCUT2D eigenvalue weighted by atomic mass is 9.96. The molecule has 0 aliphatic carbocycles. The number of nitrogens with one attached hydrogen (secondary N) is 1. The molecule has 2 aromatic carbocycles. The van der Waals surface area contributed by atoms with Crippen LogP contribution in [-0.2, 0) is 17.1 Å². The van der Waals surface area contributed by atoms with E-state index in [0.717, 1.165) is 37.2 Å². The molecule has 1 saturated heterocycles. The molecule has 1 aliphatic heterocycles. The Morgan fingerprint density at radius 1 is 1.18 bits per heavy atom. The van der Waals surface area contributed by atoms with Crippen LogP contribution in [0.3, 0.4) is 0 Å². The van der Waals surface area contributed by atoms with Gasteiger partial charge in [0.25, 0.3) is 0 Å². The van der Waals surface area contributed by atoms with Gasteiger partial charge in [-0.05, 0) is 61.8 Å². The maximum Gasteiger partial charge on any atom is 0.241 e. The highest BCUT2D eigenvalue weighted by atomic mass is 35.5. The number of amides is 1. The van der Waals surface area contributed by atoms with Gasteiger partial charge in [-0.2, -0.15) is 16.7 Å². The van der Waals surface area contributed by atoms with Crippen molar-refractivity contribution < 1.29 is 13.7 Å². The van der Waals surface area contributed by atoms with Crippen LogP contribution in [0.1, 0.15) is 24.3 Å². The number of carbonyl (C=O) groups is 1. The Morgan fingerprint density at radius 3 is 2.70 bits per heavy atom. The Kier molecular flexibility index (Phi) is 8.36. The van der Waals surface area contributed by atoms with E-state index in [0.29, 0.717) is 41.1 Å². The lowest BCUT2D eigenvalue weighted by molar-refractivity contribution is -0.126. The van der Waals surface area contributed by atoms with Gasteiger partial charge in [0.2, 0.25) is 17.6 Å². The minimum Gasteiger partial charge on any atom is -0.355 e. The molecule has 174 valence electrons. The fraction of sp³-hybridized carbons (Fsp3) is 0.375. The largest absolute Gasteiger partial charge is 0.355 e. The van der Waals surface area contributed by atoms with Gasteiger partial charge in [0, 0.05) is 34.6 Å². The first-order valence-corrected chi connectivity index (χ1v) is 12.5. The SMILES string of the molecule is O=C(NCCSCc1ccccc1F)C1CCN(Cc2nc(-c3ccc(Cl)cc3)no2)CC1. The highest BCUT2D eigenvalue weighted by Crippen LogP contribution is 2.22. The summed E-state index contributed by atoms with van der Waals surface area (Å²) in [6.45, 7) is 2.77. The van der Waals surface area contributed by atoms with E-state index in [-0.39, 0.29) is 17.6 Å². The average Bonchev–Trinajstić information content (AvgIpc) is 3.29. The molecule has 0 spiro atoms. The maximum absolute atomic E-state index is 13.6. The van der Waals surface area contributed by atoms with Crippen molar-refractivity contribution in [3.05, 3.63) is 70.8 Å². The smallest absolute Gasteiger partial charge is 0.241 e. The van der Waals surface area contributed by atoms with Gasteiger partial charge in [0.1, 0.15) is 5.82 Å². The zero-order valence-electron chi connectivity index (χ0n) is 18.2. The first kappa shape index (κ1) is 23.7. The van der Waals surface area contributed by atoms with Crippen molar-refractivity contribution in [1.82, 2.24) is 20.4 Å². The molecule has 0 radical (unpaired) electrons. The summed E-state index contributed by atoms with van der Waals surface area (Å²) in [5.74, 6) is 2.41. The fourth-order valence-corrected chi connectivity index (χ4v) is 4.74. The van der Waals surface area contributed by atoms with E-state index in [2.05, 4.69) is 20.4 Å². The second-order valence-corrected chi connectivity index (χ2v) is 9.55. The molecule has 1 aromatic heterocycles. The minimum absolute atomic E-state index is 0.0186. The van der Waals surface area contributed by atoms with Crippen molar-refractivity contribution in [3.63, 3.8) is 0 Å². The van der Waals surface area contributed by atoms with Gasteiger partial charge in [-0.3, -0.25) is 9.69 Å². The van der Waals surface area contributed by atoms with Crippen LogP contribution in [0, 0.1) is 11.7 Å². The first-order valence-electron chi connectivity index (χ1n) is 11.0. The third-order valence-corrected chi connectivity index (χ3v) is 6.91. The number of carbonyl (C=O) groups excluding carboxylic acids is 1. The molecule has 9 heteroatoms. The minimum atomic E-state index is -0.178. The second-order valence-electron chi connectivity index (χ2n) is 8.00. The van der Waals surface area contributed by atoms with Gasteiger partial charge in [-0.25, -0.2) is 4.39 Å². The predicted octanol–water partition coefficient (Wildman–Crippen LogP) is 4.79. The molecule has 1 aliphatic rings. The van der Waals surface area contributed by atoms with Gasteiger partial charge < -0.3 is 9.84 Å². The molecule has 0 saturated carbocycles. The summed E-state index contributed by atoms with van der Waals surface area (Å²) in [7, 11) is 0. The fourth-order valence-electron chi connectivity index (χ4n) is 3.77. The lowest BCUT2D eigenvalue weighted by Crippen LogP contribution is -2.40. The van der Waals surface area contributed by atoms with Crippen molar-refractivity contribution >= 4 is 29.3 Å². The highest BCUT2D eigenvalue weighted by molar-refractivity contribution is 7.98. The predicted molar refractivity (Wildman–Crippen MR) is 128 cm³/mol. The van der Waals surface area contributed by atoms with Crippen LogP contribution >= 0.6 is 23.4 Å². The normalized spacial score (nSPS) is 15.0. The summed E-state index contributed by atoms with van der Waals surface area (Å²) >= 11 is 7.54. The lowest BCUT2D eigenvalue weighted by Gasteiger charge is -2.30. The van der Waals surface area contributed by atoms with Gasteiger partial charge in [0.05, 0.1) is 6.54 Å². The number of rotatable bonds is 9. The maximum atomic E-state index is 13.6. The summed E-state index contributed by atoms with van der Waals surface area (Å²) in [6, 6.07) is 14.1. The number of nitrogens with zero attached hydrogens (tertiary/aromatic N) is 3. The third kappa shape index (κ3) is 6.79. The summed E-state index contributed by atoms with van der Waals surface area (Å²) in [5, 5.41) is 7.74. The molecular weight excluding hydrogens is 463 g/mol. The Hall–Kier alpha value is -2.42. The monoisotopic (exact) mass is 488 g/mol. The van der Waals surface area contributed by atoms with Crippen molar-refractivity contribution in [2.45, 2.75) is 25.1 Å². The number of hydrogen-bond donors (Lipinski definition) is 1. The van der Waals surface area contributed by atoms with Crippen LogP contribution in [0.15, 0.2) is 53.1 Å². The number of piperidine rings is 1. The number of aromatic nitrogens is 2. The molecule has 0 unspecified atom stereocenters. The van der Waals surface area contributed by atoms with E-state index in [1.807, 2.05) is 18.2 Å². The van der Waals surface area contributed by atoms with Gasteiger partial charge in [-0.1, -0.05) is 35.0 Å². The summed E-state index contributed by atoms with van der Waals surface area (Å²) in [4.78, 5) is 19.2. The quantitative estimate of drug-likeness (QED) is 0.437. The third-order valence-electron chi connectivity index (χ3n) is 5.65. The molecule has 33 heavy (non-hydrogen) atoms. The Balaban J connectivity index is 1.14. The molecule has 0 bridgehead atoms. The number of thioether (sulfide) groups is 1. The van der Waals surface area contributed by atoms with Crippen LogP contribution < -0.4 is 5.32 Å². The number of halogens is 2. The molecule has 4 rings (SSSR count). The van der Waals surface area contributed by atoms with Crippen LogP contribution in [0.2, 0.25) is 5.02 Å². The Bertz CT molecular complexity index is 1050. The number of hydrogen-bond acceptors (Lipinski definition) is 6. The second kappa shape index (κ2) is 11.6. The molecular formula is C24H26ClFN4O2S. The summed E-state index contributed by atoms with van der Waals surface area (Å²) in [6.07, 6.45) is 1.60.